The second kappa shape index (κ2) is 10.8. The Morgan fingerprint density at radius 2 is 1.81 bits per heavy atom. The molecule has 142 valence electrons. The van der Waals surface area contributed by atoms with Crippen LogP contribution in [0.2, 0.25) is 5.02 Å². The summed E-state index contributed by atoms with van der Waals surface area (Å²) in [4.78, 5) is 9.22. The molecule has 0 aliphatic heterocycles. The first-order chi connectivity index (χ1) is 11.7. The van der Waals surface area contributed by atoms with Crippen molar-refractivity contribution >= 4 is 75.6 Å². The van der Waals surface area contributed by atoms with Gasteiger partial charge in [-0.05, 0) is 24.3 Å². The number of nitrogens with zero attached hydrogens (tertiary/aromatic N) is 2. The van der Waals surface area contributed by atoms with Gasteiger partial charge in [0.15, 0.2) is 0 Å². The van der Waals surface area contributed by atoms with E-state index in [9.17, 15) is 0 Å². The molecule has 1 aromatic carbocycles. The predicted molar refractivity (Wildman–Crippen MR) is 115 cm³/mol. The number of methoxy groups -OCH3 is 1. The highest BCUT2D eigenvalue weighted by molar-refractivity contribution is 6.31. The summed E-state index contributed by atoms with van der Waals surface area (Å²) in [5, 5.41) is 8.35. The van der Waals surface area contributed by atoms with Crippen molar-refractivity contribution in [3.63, 3.8) is 0 Å². The van der Waals surface area contributed by atoms with Crippen LogP contribution < -0.4 is 15.4 Å². The molecule has 0 radical (unpaired) electrons. The summed E-state index contributed by atoms with van der Waals surface area (Å²) in [6, 6.07) is 9.38. The van der Waals surface area contributed by atoms with Crippen molar-refractivity contribution in [1.82, 2.24) is 15.3 Å². The Hall–Kier alpha value is -1.24. The zero-order valence-corrected chi connectivity index (χ0v) is 17.2. The maximum absolute atomic E-state index is 6.11. The van der Waals surface area contributed by atoms with E-state index in [1.165, 1.54) is 0 Å². The Morgan fingerprint density at radius 3 is 2.54 bits per heavy atom. The van der Waals surface area contributed by atoms with E-state index < -0.39 is 0 Å². The summed E-state index contributed by atoms with van der Waals surface area (Å²) < 4.78 is 5.25. The molecule has 26 heavy (non-hydrogen) atoms. The SMILES string of the molecule is COc1ccc2nc3cc(Cl)ccc3c(NCCNCCCl)c2n1.Cl.Cl. The van der Waals surface area contributed by atoms with Crippen molar-refractivity contribution in [2.45, 2.75) is 0 Å². The minimum Gasteiger partial charge on any atom is -0.481 e. The van der Waals surface area contributed by atoms with Crippen molar-refractivity contribution in [2.75, 3.05) is 37.9 Å². The van der Waals surface area contributed by atoms with Crippen LogP contribution in [0.5, 0.6) is 5.88 Å². The van der Waals surface area contributed by atoms with Gasteiger partial charge in [0.2, 0.25) is 5.88 Å². The molecule has 0 saturated carbocycles. The van der Waals surface area contributed by atoms with E-state index in [1.807, 2.05) is 24.3 Å². The third-order valence-corrected chi connectivity index (χ3v) is 4.06. The Morgan fingerprint density at radius 1 is 1.00 bits per heavy atom. The lowest BCUT2D eigenvalue weighted by Crippen LogP contribution is -2.24. The Bertz CT molecular complexity index is 863. The number of halogens is 4. The van der Waals surface area contributed by atoms with Gasteiger partial charge in [0.05, 0.1) is 23.8 Å². The molecule has 0 aliphatic carbocycles. The summed E-state index contributed by atoms with van der Waals surface area (Å²) in [6.45, 7) is 2.32. The first-order valence-electron chi connectivity index (χ1n) is 7.67. The fourth-order valence-corrected chi connectivity index (χ4v) is 2.83. The fourth-order valence-electron chi connectivity index (χ4n) is 2.53. The molecule has 0 fully saturated rings. The predicted octanol–water partition coefficient (Wildman–Crippen LogP) is 4.53. The van der Waals surface area contributed by atoms with Crippen molar-refractivity contribution < 1.29 is 4.74 Å². The van der Waals surface area contributed by atoms with Crippen LogP contribution in [-0.4, -0.2) is 42.6 Å². The molecule has 0 aliphatic rings. The normalized spacial score (nSPS) is 10.3. The van der Waals surface area contributed by atoms with Crippen LogP contribution in [0.15, 0.2) is 30.3 Å². The zero-order chi connectivity index (χ0) is 16.9. The highest BCUT2D eigenvalue weighted by Crippen LogP contribution is 2.32. The van der Waals surface area contributed by atoms with E-state index in [1.54, 1.807) is 13.2 Å². The molecular formula is C17H20Cl4N4O. The van der Waals surface area contributed by atoms with Gasteiger partial charge in [-0.25, -0.2) is 9.97 Å². The lowest BCUT2D eigenvalue weighted by atomic mass is 10.1. The largest absolute Gasteiger partial charge is 0.481 e. The number of nitrogens with one attached hydrogen (secondary N) is 2. The van der Waals surface area contributed by atoms with Crippen LogP contribution >= 0.6 is 48.0 Å². The number of pyridine rings is 2. The zero-order valence-electron chi connectivity index (χ0n) is 14.1. The topological polar surface area (TPSA) is 59.1 Å². The lowest BCUT2D eigenvalue weighted by Gasteiger charge is -2.13. The minimum atomic E-state index is 0. The molecule has 5 nitrogen and oxygen atoms in total. The standard InChI is InChI=1S/C17H18Cl2N4O.2ClH/c1-24-15-5-4-13-17(23-15)16(21-9-8-20-7-6-18)12-3-2-11(19)10-14(12)22-13;;/h2-5,10,20H,6-9H2,1H3,(H,21,22);2*1H. The minimum absolute atomic E-state index is 0. The summed E-state index contributed by atoms with van der Waals surface area (Å²) in [6.07, 6.45) is 0. The Kier molecular flexibility index (Phi) is 9.47. The molecule has 0 spiro atoms. The average molecular weight is 438 g/mol. The number of ether oxygens (including phenoxy) is 1. The van der Waals surface area contributed by atoms with Gasteiger partial charge in [-0.1, -0.05) is 11.6 Å². The molecule has 3 aromatic rings. The fraction of sp³-hybridized carbons (Fsp3) is 0.294. The van der Waals surface area contributed by atoms with Crippen molar-refractivity contribution in [3.8, 4) is 5.88 Å². The van der Waals surface area contributed by atoms with Crippen LogP contribution in [0.1, 0.15) is 0 Å². The number of anilines is 1. The monoisotopic (exact) mass is 436 g/mol. The first kappa shape index (κ1) is 22.8. The number of benzene rings is 1. The average Bonchev–Trinajstić information content (AvgIpc) is 2.60. The third kappa shape index (κ3) is 5.15. The van der Waals surface area contributed by atoms with Gasteiger partial charge in [0, 0.05) is 42.0 Å². The number of fused-ring (bicyclic) bond motifs is 2. The number of hydrogen-bond acceptors (Lipinski definition) is 5. The maximum Gasteiger partial charge on any atom is 0.213 e. The van der Waals surface area contributed by atoms with Gasteiger partial charge in [0.1, 0.15) is 5.52 Å². The van der Waals surface area contributed by atoms with Crippen molar-refractivity contribution in [3.05, 3.63) is 35.4 Å². The quantitative estimate of drug-likeness (QED) is 0.323. The van der Waals surface area contributed by atoms with Gasteiger partial charge in [0.25, 0.3) is 0 Å². The molecule has 2 N–H and O–H groups in total. The van der Waals surface area contributed by atoms with Gasteiger partial charge in [-0.15, -0.1) is 36.4 Å². The van der Waals surface area contributed by atoms with Crippen molar-refractivity contribution in [2.24, 2.45) is 0 Å². The molecule has 0 unspecified atom stereocenters. The Balaban J connectivity index is 0.00000169. The van der Waals surface area contributed by atoms with Crippen LogP contribution in [0.25, 0.3) is 21.9 Å². The van der Waals surface area contributed by atoms with E-state index in [0.717, 1.165) is 47.3 Å². The molecule has 0 bridgehead atoms. The molecule has 2 aromatic heterocycles. The molecule has 0 saturated heterocycles. The van der Waals surface area contributed by atoms with Gasteiger partial charge < -0.3 is 15.4 Å². The number of rotatable bonds is 7. The lowest BCUT2D eigenvalue weighted by molar-refractivity contribution is 0.399. The highest BCUT2D eigenvalue weighted by atomic mass is 35.5. The van der Waals surface area contributed by atoms with Crippen LogP contribution in [0, 0.1) is 0 Å². The Labute approximate surface area is 174 Å². The molecule has 0 amide bonds. The number of alkyl halides is 1. The van der Waals surface area contributed by atoms with Crippen molar-refractivity contribution in [1.29, 1.82) is 0 Å². The van der Waals surface area contributed by atoms with E-state index >= 15 is 0 Å². The number of hydrogen-bond donors (Lipinski definition) is 2. The van der Waals surface area contributed by atoms with Crippen LogP contribution in [0.3, 0.4) is 0 Å². The molecule has 9 heteroatoms. The highest BCUT2D eigenvalue weighted by Gasteiger charge is 2.11. The molecule has 3 rings (SSSR count). The van der Waals surface area contributed by atoms with E-state index in [4.69, 9.17) is 27.9 Å². The van der Waals surface area contributed by atoms with Gasteiger partial charge in [-0.2, -0.15) is 0 Å². The van der Waals surface area contributed by atoms with Crippen LogP contribution in [0.4, 0.5) is 5.69 Å². The summed E-state index contributed by atoms with van der Waals surface area (Å²) >= 11 is 11.8. The van der Waals surface area contributed by atoms with E-state index in [-0.39, 0.29) is 24.8 Å². The molecular weight excluding hydrogens is 418 g/mol. The first-order valence-corrected chi connectivity index (χ1v) is 8.58. The van der Waals surface area contributed by atoms with E-state index in [2.05, 4.69) is 20.6 Å². The summed E-state index contributed by atoms with van der Waals surface area (Å²) in [5.74, 6) is 1.15. The summed E-state index contributed by atoms with van der Waals surface area (Å²) in [7, 11) is 1.60. The summed E-state index contributed by atoms with van der Waals surface area (Å²) in [5.41, 5.74) is 3.33. The second-order valence-electron chi connectivity index (χ2n) is 5.24. The van der Waals surface area contributed by atoms with E-state index in [0.29, 0.717) is 16.8 Å². The van der Waals surface area contributed by atoms with Gasteiger partial charge in [-0.3, -0.25) is 0 Å². The molecule has 0 atom stereocenters. The van der Waals surface area contributed by atoms with Gasteiger partial charge >= 0.3 is 0 Å². The second-order valence-corrected chi connectivity index (χ2v) is 6.05. The third-order valence-electron chi connectivity index (χ3n) is 3.64. The smallest absolute Gasteiger partial charge is 0.213 e. The van der Waals surface area contributed by atoms with Crippen LogP contribution in [-0.2, 0) is 0 Å². The number of aromatic nitrogens is 2. The molecule has 2 heterocycles. The maximum atomic E-state index is 6.11.